The van der Waals surface area contributed by atoms with Gasteiger partial charge in [-0.05, 0) is 49.6 Å². The van der Waals surface area contributed by atoms with Crippen LogP contribution in [0.5, 0.6) is 0 Å². The minimum absolute atomic E-state index is 0.0246. The molecule has 3 rings (SSSR count). The Balaban J connectivity index is 1.66. The lowest BCUT2D eigenvalue weighted by Crippen LogP contribution is -2.43. The Kier molecular flexibility index (Phi) is 8.18. The minimum Gasteiger partial charge on any atom is -0.466 e. The number of amides is 2. The molecule has 0 saturated carbocycles. The second-order valence-electron chi connectivity index (χ2n) is 8.03. The van der Waals surface area contributed by atoms with Crippen molar-refractivity contribution in [1.29, 1.82) is 5.41 Å². The van der Waals surface area contributed by atoms with Crippen molar-refractivity contribution < 1.29 is 19.1 Å². The summed E-state index contributed by atoms with van der Waals surface area (Å²) < 4.78 is 5.06. The van der Waals surface area contributed by atoms with Gasteiger partial charge >= 0.3 is 5.97 Å². The van der Waals surface area contributed by atoms with Crippen LogP contribution in [0, 0.1) is 11.3 Å². The second-order valence-corrected chi connectivity index (χ2v) is 8.03. The van der Waals surface area contributed by atoms with Gasteiger partial charge in [0.05, 0.1) is 19.1 Å². The lowest BCUT2D eigenvalue weighted by Gasteiger charge is -2.32. The molecular formula is C25H30N4O4. The standard InChI is InChI=1S/C25H30N4O4/c1-2-33-23(31)16-21(17-7-4-3-5-8-17)28-22(30)15-19-9-6-14-29(25(19)32)20-12-10-18(11-13-20)24(26)27/h3-5,7-8,10-13,19,21H,2,6,9,14-16H2,1H3,(H3,26,27)(H,28,30). The monoisotopic (exact) mass is 450 g/mol. The summed E-state index contributed by atoms with van der Waals surface area (Å²) in [6.07, 6.45) is 1.48. The third kappa shape index (κ3) is 6.41. The summed E-state index contributed by atoms with van der Waals surface area (Å²) in [6, 6.07) is 15.7. The third-order valence-corrected chi connectivity index (χ3v) is 5.68. The maximum atomic E-state index is 13.1. The third-order valence-electron chi connectivity index (χ3n) is 5.68. The number of nitrogens with two attached hydrogens (primary N) is 1. The number of anilines is 1. The number of nitrogens with one attached hydrogen (secondary N) is 2. The van der Waals surface area contributed by atoms with Crippen molar-refractivity contribution in [2.45, 2.75) is 38.6 Å². The highest BCUT2D eigenvalue weighted by atomic mass is 16.5. The fourth-order valence-corrected chi connectivity index (χ4v) is 4.02. The van der Waals surface area contributed by atoms with E-state index in [1.807, 2.05) is 30.3 Å². The van der Waals surface area contributed by atoms with E-state index in [2.05, 4.69) is 5.32 Å². The van der Waals surface area contributed by atoms with Crippen LogP contribution in [-0.2, 0) is 19.1 Å². The molecule has 0 aromatic heterocycles. The van der Waals surface area contributed by atoms with Crippen LogP contribution < -0.4 is 16.0 Å². The van der Waals surface area contributed by atoms with Gasteiger partial charge in [0, 0.05) is 30.1 Å². The SMILES string of the molecule is CCOC(=O)CC(NC(=O)CC1CCCN(c2ccc(C(=N)N)cc2)C1=O)c1ccccc1. The Morgan fingerprint density at radius 2 is 1.88 bits per heavy atom. The highest BCUT2D eigenvalue weighted by Gasteiger charge is 2.32. The molecule has 0 spiro atoms. The molecule has 2 aromatic carbocycles. The van der Waals surface area contributed by atoms with Gasteiger partial charge < -0.3 is 20.7 Å². The molecule has 2 amide bonds. The normalized spacial score (nSPS) is 16.7. The number of esters is 1. The Hall–Kier alpha value is -3.68. The molecule has 8 nitrogen and oxygen atoms in total. The van der Waals surface area contributed by atoms with Crippen LogP contribution in [0.3, 0.4) is 0 Å². The summed E-state index contributed by atoms with van der Waals surface area (Å²) in [5, 5.41) is 10.4. The molecule has 2 atom stereocenters. The van der Waals surface area contributed by atoms with E-state index in [1.165, 1.54) is 0 Å². The zero-order valence-corrected chi connectivity index (χ0v) is 18.8. The van der Waals surface area contributed by atoms with Gasteiger partial charge in [-0.15, -0.1) is 0 Å². The van der Waals surface area contributed by atoms with Gasteiger partial charge in [-0.2, -0.15) is 0 Å². The highest BCUT2D eigenvalue weighted by molar-refractivity contribution is 5.99. The van der Waals surface area contributed by atoms with Gasteiger partial charge in [0.1, 0.15) is 5.84 Å². The molecule has 0 aliphatic carbocycles. The average molecular weight is 451 g/mol. The summed E-state index contributed by atoms with van der Waals surface area (Å²) in [5.41, 5.74) is 7.62. The largest absolute Gasteiger partial charge is 0.466 e. The molecule has 1 fully saturated rings. The molecule has 33 heavy (non-hydrogen) atoms. The summed E-state index contributed by atoms with van der Waals surface area (Å²) in [5.74, 6) is -1.24. The van der Waals surface area contributed by atoms with E-state index in [0.29, 0.717) is 18.5 Å². The number of hydrogen-bond acceptors (Lipinski definition) is 5. The number of piperidine rings is 1. The predicted octanol–water partition coefficient (Wildman–Crippen LogP) is 2.91. The summed E-state index contributed by atoms with van der Waals surface area (Å²) in [4.78, 5) is 39.7. The Morgan fingerprint density at radius 3 is 2.52 bits per heavy atom. The van der Waals surface area contributed by atoms with E-state index in [-0.39, 0.29) is 43.1 Å². The first kappa shape index (κ1) is 24.0. The quantitative estimate of drug-likeness (QED) is 0.308. The molecule has 1 heterocycles. The lowest BCUT2D eigenvalue weighted by atomic mass is 9.92. The Morgan fingerprint density at radius 1 is 1.18 bits per heavy atom. The number of carbonyl (C=O) groups is 3. The molecule has 2 unspecified atom stereocenters. The van der Waals surface area contributed by atoms with Gasteiger partial charge in [-0.1, -0.05) is 30.3 Å². The Labute approximate surface area is 193 Å². The van der Waals surface area contributed by atoms with Crippen LogP contribution in [0.4, 0.5) is 5.69 Å². The second kappa shape index (κ2) is 11.3. The Bertz CT molecular complexity index is 991. The average Bonchev–Trinajstić information content (AvgIpc) is 2.81. The number of rotatable bonds is 9. The zero-order chi connectivity index (χ0) is 23.8. The maximum Gasteiger partial charge on any atom is 0.308 e. The fourth-order valence-electron chi connectivity index (χ4n) is 4.02. The lowest BCUT2D eigenvalue weighted by molar-refractivity contribution is -0.144. The number of carbonyl (C=O) groups excluding carboxylic acids is 3. The van der Waals surface area contributed by atoms with E-state index in [9.17, 15) is 14.4 Å². The van der Waals surface area contributed by atoms with Gasteiger partial charge in [0.15, 0.2) is 0 Å². The molecule has 8 heteroatoms. The van der Waals surface area contributed by atoms with Crippen molar-refractivity contribution in [2.24, 2.45) is 11.7 Å². The predicted molar refractivity (Wildman–Crippen MR) is 126 cm³/mol. The fraction of sp³-hybridized carbons (Fsp3) is 0.360. The van der Waals surface area contributed by atoms with Crippen LogP contribution in [0.15, 0.2) is 54.6 Å². The molecule has 1 saturated heterocycles. The topological polar surface area (TPSA) is 126 Å². The van der Waals surface area contributed by atoms with Gasteiger partial charge in [0.2, 0.25) is 11.8 Å². The van der Waals surface area contributed by atoms with E-state index in [1.54, 1.807) is 36.1 Å². The van der Waals surface area contributed by atoms with E-state index in [0.717, 1.165) is 17.7 Å². The van der Waals surface area contributed by atoms with Crippen molar-refractivity contribution in [3.05, 3.63) is 65.7 Å². The van der Waals surface area contributed by atoms with Gasteiger partial charge in [-0.25, -0.2) is 0 Å². The highest BCUT2D eigenvalue weighted by Crippen LogP contribution is 2.27. The zero-order valence-electron chi connectivity index (χ0n) is 18.8. The number of benzene rings is 2. The number of nitrogens with zero attached hydrogens (tertiary/aromatic N) is 1. The minimum atomic E-state index is -0.522. The molecule has 1 aliphatic rings. The molecule has 174 valence electrons. The molecule has 1 aliphatic heterocycles. The molecule has 2 aromatic rings. The number of amidine groups is 1. The van der Waals surface area contributed by atoms with Gasteiger partial charge in [0.25, 0.3) is 0 Å². The molecular weight excluding hydrogens is 420 g/mol. The van der Waals surface area contributed by atoms with Crippen molar-refractivity contribution in [3.8, 4) is 0 Å². The number of ether oxygens (including phenoxy) is 1. The van der Waals surface area contributed by atoms with Crippen LogP contribution in [-0.4, -0.2) is 36.8 Å². The summed E-state index contributed by atoms with van der Waals surface area (Å²) in [6.45, 7) is 2.59. The maximum absolute atomic E-state index is 13.1. The summed E-state index contributed by atoms with van der Waals surface area (Å²) >= 11 is 0. The first-order chi connectivity index (χ1) is 15.9. The van der Waals surface area contributed by atoms with E-state index >= 15 is 0 Å². The first-order valence-corrected chi connectivity index (χ1v) is 11.1. The number of hydrogen-bond donors (Lipinski definition) is 3. The molecule has 0 bridgehead atoms. The smallest absolute Gasteiger partial charge is 0.308 e. The van der Waals surface area contributed by atoms with Crippen molar-refractivity contribution >= 4 is 29.3 Å². The summed E-state index contributed by atoms with van der Waals surface area (Å²) in [7, 11) is 0. The molecule has 0 radical (unpaired) electrons. The van der Waals surface area contributed by atoms with Crippen LogP contribution in [0.1, 0.15) is 49.8 Å². The number of nitrogen functional groups attached to an aromatic ring is 1. The van der Waals surface area contributed by atoms with Crippen molar-refractivity contribution in [1.82, 2.24) is 5.32 Å². The van der Waals surface area contributed by atoms with Crippen LogP contribution in [0.2, 0.25) is 0 Å². The van der Waals surface area contributed by atoms with Crippen molar-refractivity contribution in [3.63, 3.8) is 0 Å². The van der Waals surface area contributed by atoms with E-state index < -0.39 is 12.0 Å². The van der Waals surface area contributed by atoms with Gasteiger partial charge in [-0.3, -0.25) is 19.8 Å². The van der Waals surface area contributed by atoms with Crippen molar-refractivity contribution in [2.75, 3.05) is 18.1 Å². The van der Waals surface area contributed by atoms with Crippen LogP contribution >= 0.6 is 0 Å². The first-order valence-electron chi connectivity index (χ1n) is 11.1. The van der Waals surface area contributed by atoms with Crippen LogP contribution in [0.25, 0.3) is 0 Å². The van der Waals surface area contributed by atoms with E-state index in [4.69, 9.17) is 15.9 Å². The molecule has 4 N–H and O–H groups in total.